The number of carbonyl (C=O) groups excluding carboxylic acids is 1. The molecule has 6 nitrogen and oxygen atoms in total. The third kappa shape index (κ3) is 3.26. The van der Waals surface area contributed by atoms with Crippen LogP contribution in [0.2, 0.25) is 0 Å². The number of aromatic nitrogens is 3. The Kier molecular flexibility index (Phi) is 4.16. The lowest BCUT2D eigenvalue weighted by atomic mass is 10.2. The first-order valence-corrected chi connectivity index (χ1v) is 7.70. The maximum absolute atomic E-state index is 12.8. The van der Waals surface area contributed by atoms with Gasteiger partial charge in [-0.25, -0.2) is 14.2 Å². The van der Waals surface area contributed by atoms with Gasteiger partial charge in [0.2, 0.25) is 4.96 Å². The smallest absolute Gasteiger partial charge is 0.338 e. The number of rotatable bonds is 4. The topological polar surface area (TPSA) is 73.6 Å². The number of fused-ring (bicyclic) bond motifs is 1. The van der Waals surface area contributed by atoms with Crippen molar-refractivity contribution in [3.63, 3.8) is 0 Å². The van der Waals surface area contributed by atoms with Crippen LogP contribution in [0.25, 0.3) is 4.96 Å². The normalized spacial score (nSPS) is 10.9. The molecule has 23 heavy (non-hydrogen) atoms. The van der Waals surface area contributed by atoms with Gasteiger partial charge in [-0.15, -0.1) is 0 Å². The second kappa shape index (κ2) is 6.25. The van der Waals surface area contributed by atoms with E-state index in [0.717, 1.165) is 5.01 Å². The molecule has 0 aliphatic carbocycles. The fourth-order valence-electron chi connectivity index (χ4n) is 1.92. The zero-order chi connectivity index (χ0) is 16.4. The Bertz CT molecular complexity index is 918. The van der Waals surface area contributed by atoms with E-state index in [1.165, 1.54) is 46.2 Å². The quantitative estimate of drug-likeness (QED) is 0.685. The van der Waals surface area contributed by atoms with Crippen molar-refractivity contribution in [2.75, 3.05) is 0 Å². The fraction of sp³-hybridized carbons (Fsp3) is 0.200. The van der Waals surface area contributed by atoms with Gasteiger partial charge in [-0.3, -0.25) is 4.79 Å². The zero-order valence-electron chi connectivity index (χ0n) is 12.2. The minimum absolute atomic E-state index is 0.138. The van der Waals surface area contributed by atoms with Crippen LogP contribution < -0.4 is 5.56 Å². The highest BCUT2D eigenvalue weighted by molar-refractivity contribution is 7.16. The molecule has 118 valence electrons. The Morgan fingerprint density at radius 3 is 2.78 bits per heavy atom. The predicted octanol–water partition coefficient (Wildman–Crippen LogP) is 2.21. The van der Waals surface area contributed by atoms with Crippen LogP contribution in [0.15, 0.2) is 35.1 Å². The molecule has 3 rings (SSSR count). The van der Waals surface area contributed by atoms with Gasteiger partial charge in [0.25, 0.3) is 5.56 Å². The highest BCUT2D eigenvalue weighted by Gasteiger charge is 2.11. The summed E-state index contributed by atoms with van der Waals surface area (Å²) in [5, 5.41) is 4.94. The Morgan fingerprint density at radius 2 is 2.09 bits per heavy atom. The van der Waals surface area contributed by atoms with Crippen LogP contribution >= 0.6 is 11.3 Å². The summed E-state index contributed by atoms with van der Waals surface area (Å²) in [6.07, 6.45) is 0.711. The maximum atomic E-state index is 12.8. The standard InChI is InChI=1S/C15H12FN3O3S/c1-2-12-18-19-13(20)7-11(17-15(19)23-12)8-22-14(21)9-3-5-10(16)6-4-9/h3-7H,2,8H2,1H3. The van der Waals surface area contributed by atoms with Gasteiger partial charge in [-0.2, -0.15) is 9.61 Å². The molecular weight excluding hydrogens is 321 g/mol. The van der Waals surface area contributed by atoms with E-state index in [4.69, 9.17) is 4.74 Å². The number of ether oxygens (including phenoxy) is 1. The maximum Gasteiger partial charge on any atom is 0.338 e. The number of benzene rings is 1. The fourth-order valence-corrected chi connectivity index (χ4v) is 2.78. The highest BCUT2D eigenvalue weighted by Crippen LogP contribution is 2.12. The largest absolute Gasteiger partial charge is 0.456 e. The number of esters is 1. The summed E-state index contributed by atoms with van der Waals surface area (Å²) >= 11 is 1.32. The SMILES string of the molecule is CCc1nn2c(=O)cc(COC(=O)c3ccc(F)cc3)nc2s1. The van der Waals surface area contributed by atoms with Crippen LogP contribution in [0.4, 0.5) is 4.39 Å². The van der Waals surface area contributed by atoms with E-state index in [2.05, 4.69) is 10.1 Å². The summed E-state index contributed by atoms with van der Waals surface area (Å²) in [5.41, 5.74) is 0.255. The number of halogens is 1. The van der Waals surface area contributed by atoms with E-state index >= 15 is 0 Å². The molecule has 0 spiro atoms. The molecule has 0 aliphatic heterocycles. The number of hydrogen-bond acceptors (Lipinski definition) is 6. The first kappa shape index (κ1) is 15.3. The van der Waals surface area contributed by atoms with Crippen LogP contribution in [-0.2, 0) is 17.8 Å². The van der Waals surface area contributed by atoms with Crippen molar-refractivity contribution >= 4 is 22.3 Å². The summed E-state index contributed by atoms with van der Waals surface area (Å²) in [7, 11) is 0. The number of carbonyl (C=O) groups is 1. The molecule has 0 unspecified atom stereocenters. The molecule has 0 aliphatic rings. The molecule has 3 aromatic rings. The second-order valence-electron chi connectivity index (χ2n) is 4.71. The molecule has 8 heteroatoms. The van der Waals surface area contributed by atoms with Crippen molar-refractivity contribution in [3.8, 4) is 0 Å². The van der Waals surface area contributed by atoms with E-state index in [1.54, 1.807) is 0 Å². The molecule has 2 heterocycles. The van der Waals surface area contributed by atoms with Gasteiger partial charge in [-0.05, 0) is 30.7 Å². The molecule has 0 amide bonds. The predicted molar refractivity (Wildman–Crippen MR) is 82.0 cm³/mol. The summed E-state index contributed by atoms with van der Waals surface area (Å²) in [6.45, 7) is 1.80. The molecule has 0 atom stereocenters. The van der Waals surface area contributed by atoms with E-state index in [9.17, 15) is 14.0 Å². The van der Waals surface area contributed by atoms with Gasteiger partial charge < -0.3 is 4.74 Å². The van der Waals surface area contributed by atoms with Crippen molar-refractivity contribution in [1.82, 2.24) is 14.6 Å². The van der Waals surface area contributed by atoms with Crippen molar-refractivity contribution in [2.45, 2.75) is 20.0 Å². The minimum Gasteiger partial charge on any atom is -0.456 e. The van der Waals surface area contributed by atoms with Crippen LogP contribution in [0.3, 0.4) is 0 Å². The van der Waals surface area contributed by atoms with Crippen molar-refractivity contribution in [3.05, 3.63) is 62.8 Å². The molecule has 0 N–H and O–H groups in total. The summed E-state index contributed by atoms with van der Waals surface area (Å²) < 4.78 is 19.2. The molecule has 0 fully saturated rings. The van der Waals surface area contributed by atoms with Crippen LogP contribution in [0.5, 0.6) is 0 Å². The number of aryl methyl sites for hydroxylation is 1. The summed E-state index contributed by atoms with van der Waals surface area (Å²) in [5.74, 6) is -1.04. The van der Waals surface area contributed by atoms with Gasteiger partial charge >= 0.3 is 5.97 Å². The number of hydrogen-bond donors (Lipinski definition) is 0. The Hall–Kier alpha value is -2.61. The first-order chi connectivity index (χ1) is 11.1. The number of nitrogens with zero attached hydrogens (tertiary/aromatic N) is 3. The Balaban J connectivity index is 1.77. The molecule has 1 aromatic carbocycles. The molecule has 0 radical (unpaired) electrons. The zero-order valence-corrected chi connectivity index (χ0v) is 13.0. The molecule has 2 aromatic heterocycles. The van der Waals surface area contributed by atoms with E-state index in [1.807, 2.05) is 6.92 Å². The van der Waals surface area contributed by atoms with Gasteiger partial charge in [0.05, 0.1) is 11.3 Å². The third-order valence-corrected chi connectivity index (χ3v) is 4.13. The van der Waals surface area contributed by atoms with E-state index < -0.39 is 11.8 Å². The van der Waals surface area contributed by atoms with Crippen molar-refractivity contribution in [1.29, 1.82) is 0 Å². The van der Waals surface area contributed by atoms with Crippen LogP contribution in [0, 0.1) is 5.82 Å². The first-order valence-electron chi connectivity index (χ1n) is 6.88. The van der Waals surface area contributed by atoms with E-state index in [0.29, 0.717) is 17.1 Å². The third-order valence-electron chi connectivity index (χ3n) is 3.07. The molecular formula is C15H12FN3O3S. The van der Waals surface area contributed by atoms with E-state index in [-0.39, 0.29) is 17.7 Å². The molecule has 0 saturated heterocycles. The van der Waals surface area contributed by atoms with Crippen molar-refractivity contribution in [2.24, 2.45) is 0 Å². The lowest BCUT2D eigenvalue weighted by Crippen LogP contribution is -2.16. The van der Waals surface area contributed by atoms with Crippen LogP contribution in [0.1, 0.15) is 28.0 Å². The lowest BCUT2D eigenvalue weighted by Gasteiger charge is -2.04. The van der Waals surface area contributed by atoms with Crippen LogP contribution in [-0.4, -0.2) is 20.6 Å². The average Bonchev–Trinajstić information content (AvgIpc) is 2.97. The Labute approximate surface area is 134 Å². The molecule has 0 bridgehead atoms. The van der Waals surface area contributed by atoms with Gasteiger partial charge in [0.1, 0.15) is 17.4 Å². The minimum atomic E-state index is -0.606. The van der Waals surface area contributed by atoms with Gasteiger partial charge in [-0.1, -0.05) is 18.3 Å². The van der Waals surface area contributed by atoms with Gasteiger partial charge in [0.15, 0.2) is 0 Å². The lowest BCUT2D eigenvalue weighted by molar-refractivity contribution is 0.0467. The summed E-state index contributed by atoms with van der Waals surface area (Å²) in [4.78, 5) is 28.6. The highest BCUT2D eigenvalue weighted by atomic mass is 32.1. The monoisotopic (exact) mass is 333 g/mol. The molecule has 0 saturated carbocycles. The van der Waals surface area contributed by atoms with Crippen molar-refractivity contribution < 1.29 is 13.9 Å². The Morgan fingerprint density at radius 1 is 1.35 bits per heavy atom. The average molecular weight is 333 g/mol. The van der Waals surface area contributed by atoms with Gasteiger partial charge in [0, 0.05) is 6.07 Å². The summed E-state index contributed by atoms with van der Waals surface area (Å²) in [6, 6.07) is 6.30. The second-order valence-corrected chi connectivity index (χ2v) is 5.75.